The number of carbonyl (C=O) groups is 2. The second-order valence-corrected chi connectivity index (χ2v) is 8.31. The zero-order valence-electron chi connectivity index (χ0n) is 17.5. The van der Waals surface area contributed by atoms with E-state index in [-0.39, 0.29) is 18.0 Å². The molecule has 1 unspecified atom stereocenters. The monoisotopic (exact) mass is 417 g/mol. The van der Waals surface area contributed by atoms with Crippen LogP contribution in [0.5, 0.6) is 0 Å². The predicted molar refractivity (Wildman–Crippen MR) is 120 cm³/mol. The van der Waals surface area contributed by atoms with Crippen molar-refractivity contribution in [3.8, 4) is 0 Å². The molecule has 0 saturated carbocycles. The molecule has 0 bridgehead atoms. The average Bonchev–Trinajstić information content (AvgIpc) is 3.41. The molecule has 2 aromatic carbocycles. The van der Waals surface area contributed by atoms with Gasteiger partial charge in [0.05, 0.1) is 11.2 Å². The van der Waals surface area contributed by atoms with Crippen LogP contribution in [0.1, 0.15) is 24.8 Å². The third-order valence-corrected chi connectivity index (χ3v) is 6.37. The maximum Gasteiger partial charge on any atom is 0.327 e. The third-order valence-electron chi connectivity index (χ3n) is 6.37. The molecule has 1 aromatic heterocycles. The molecule has 2 amide bonds. The quantitative estimate of drug-likeness (QED) is 0.648. The maximum absolute atomic E-state index is 12.8. The molecule has 7 nitrogen and oxygen atoms in total. The van der Waals surface area contributed by atoms with Gasteiger partial charge in [-0.15, -0.1) is 0 Å². The number of nitrogens with one attached hydrogen (secondary N) is 1. The lowest BCUT2D eigenvalue weighted by Gasteiger charge is -2.38. The van der Waals surface area contributed by atoms with Crippen LogP contribution in [-0.4, -0.2) is 58.6 Å². The van der Waals surface area contributed by atoms with Gasteiger partial charge in [-0.2, -0.15) is 0 Å². The fourth-order valence-corrected chi connectivity index (χ4v) is 4.74. The van der Waals surface area contributed by atoms with Gasteiger partial charge >= 0.3 is 6.03 Å². The lowest BCUT2D eigenvalue weighted by atomic mass is 10.1. The van der Waals surface area contributed by atoms with Crippen LogP contribution in [0, 0.1) is 0 Å². The van der Waals surface area contributed by atoms with Gasteiger partial charge in [-0.1, -0.05) is 36.4 Å². The largest absolute Gasteiger partial charge is 0.366 e. The van der Waals surface area contributed by atoms with Crippen LogP contribution >= 0.6 is 0 Å². The first-order valence-electron chi connectivity index (χ1n) is 11.0. The molecule has 2 aliphatic rings. The Kier molecular flexibility index (Phi) is 5.32. The number of aromatic nitrogens is 2. The van der Waals surface area contributed by atoms with Crippen molar-refractivity contribution in [1.82, 2.24) is 19.8 Å². The van der Waals surface area contributed by atoms with E-state index in [9.17, 15) is 9.59 Å². The highest BCUT2D eigenvalue weighted by molar-refractivity contribution is 5.95. The molecule has 1 N–H and O–H groups in total. The van der Waals surface area contributed by atoms with Gasteiger partial charge in [0, 0.05) is 38.6 Å². The fraction of sp³-hybridized carbons (Fsp3) is 0.375. The number of amides is 2. The number of nitrogens with zero attached hydrogens (tertiary/aromatic N) is 4. The van der Waals surface area contributed by atoms with Crippen molar-refractivity contribution in [2.24, 2.45) is 0 Å². The zero-order valence-corrected chi connectivity index (χ0v) is 17.5. The Bertz CT molecular complexity index is 1090. The van der Waals surface area contributed by atoms with Crippen LogP contribution < -0.4 is 10.2 Å². The highest BCUT2D eigenvalue weighted by atomic mass is 16.2. The summed E-state index contributed by atoms with van der Waals surface area (Å²) in [6.07, 6.45) is 5.01. The smallest absolute Gasteiger partial charge is 0.327 e. The van der Waals surface area contributed by atoms with Crippen molar-refractivity contribution in [3.05, 3.63) is 60.4 Å². The highest BCUT2D eigenvalue weighted by Crippen LogP contribution is 2.30. The standard InChI is InChI=1S/C24H27N5O2/c30-22-12-11-19-16-27(14-15-28(19)22)20-9-4-10-21-23(20)26-17-29(21)24(31)25-13-5-8-18-6-2-1-3-7-18/h1-4,6-7,9-10,17,19H,5,8,11-16H2,(H,25,31). The van der Waals surface area contributed by atoms with Crippen molar-refractivity contribution in [3.63, 3.8) is 0 Å². The van der Waals surface area contributed by atoms with Crippen LogP contribution in [0.4, 0.5) is 10.5 Å². The molecule has 2 fully saturated rings. The molecule has 7 heteroatoms. The summed E-state index contributed by atoms with van der Waals surface area (Å²) in [5, 5.41) is 3.01. The fourth-order valence-electron chi connectivity index (χ4n) is 4.74. The van der Waals surface area contributed by atoms with E-state index in [4.69, 9.17) is 0 Å². The Labute approximate surface area is 181 Å². The molecule has 0 aliphatic carbocycles. The van der Waals surface area contributed by atoms with Crippen LogP contribution in [-0.2, 0) is 11.2 Å². The molecule has 160 valence electrons. The summed E-state index contributed by atoms with van der Waals surface area (Å²) in [5.74, 6) is 0.274. The summed E-state index contributed by atoms with van der Waals surface area (Å²) in [4.78, 5) is 33.6. The van der Waals surface area contributed by atoms with E-state index in [1.807, 2.05) is 35.2 Å². The number of carbonyl (C=O) groups excluding carboxylic acids is 2. The van der Waals surface area contributed by atoms with Crippen molar-refractivity contribution >= 4 is 28.7 Å². The summed E-state index contributed by atoms with van der Waals surface area (Å²) >= 11 is 0. The first kappa shape index (κ1) is 19.6. The number of fused-ring (bicyclic) bond motifs is 2. The predicted octanol–water partition coefficient (Wildman–Crippen LogP) is 3.04. The van der Waals surface area contributed by atoms with Crippen LogP contribution in [0.3, 0.4) is 0 Å². The number of benzene rings is 2. The van der Waals surface area contributed by atoms with Crippen LogP contribution in [0.2, 0.25) is 0 Å². The van der Waals surface area contributed by atoms with Crippen LogP contribution in [0.25, 0.3) is 11.0 Å². The Morgan fingerprint density at radius 3 is 2.84 bits per heavy atom. The normalized spacial score (nSPS) is 18.5. The van der Waals surface area contributed by atoms with Gasteiger partial charge < -0.3 is 15.1 Å². The molecule has 31 heavy (non-hydrogen) atoms. The average molecular weight is 418 g/mol. The van der Waals surface area contributed by atoms with Gasteiger partial charge in [0.25, 0.3) is 0 Å². The van der Waals surface area contributed by atoms with Crippen molar-refractivity contribution in [1.29, 1.82) is 0 Å². The first-order valence-corrected chi connectivity index (χ1v) is 11.0. The van der Waals surface area contributed by atoms with Gasteiger partial charge in [-0.3, -0.25) is 9.36 Å². The minimum absolute atomic E-state index is 0.154. The van der Waals surface area contributed by atoms with E-state index in [0.717, 1.165) is 55.6 Å². The molecule has 1 atom stereocenters. The molecule has 3 aromatic rings. The van der Waals surface area contributed by atoms with E-state index in [1.54, 1.807) is 10.9 Å². The maximum atomic E-state index is 12.8. The molecule has 0 spiro atoms. The Balaban J connectivity index is 1.26. The molecule has 0 radical (unpaired) electrons. The molecular weight excluding hydrogens is 390 g/mol. The molecule has 5 rings (SSSR count). The van der Waals surface area contributed by atoms with Gasteiger partial charge in [0.1, 0.15) is 11.8 Å². The van der Waals surface area contributed by atoms with E-state index in [0.29, 0.717) is 13.0 Å². The summed E-state index contributed by atoms with van der Waals surface area (Å²) in [6.45, 7) is 2.98. The number of rotatable bonds is 5. The van der Waals surface area contributed by atoms with Gasteiger partial charge in [0.2, 0.25) is 5.91 Å². The van der Waals surface area contributed by atoms with E-state index in [2.05, 4.69) is 33.4 Å². The van der Waals surface area contributed by atoms with Gasteiger partial charge in [0.15, 0.2) is 0 Å². The number of hydrogen-bond donors (Lipinski definition) is 1. The number of aryl methyl sites for hydroxylation is 1. The Hall–Kier alpha value is -3.35. The highest BCUT2D eigenvalue weighted by Gasteiger charge is 2.36. The van der Waals surface area contributed by atoms with Crippen LogP contribution in [0.15, 0.2) is 54.9 Å². The molecular formula is C24H27N5O2. The van der Waals surface area contributed by atoms with Crippen molar-refractivity contribution < 1.29 is 9.59 Å². The van der Waals surface area contributed by atoms with Gasteiger partial charge in [-0.05, 0) is 37.0 Å². The number of imidazole rings is 1. The molecule has 2 aliphatic heterocycles. The summed E-state index contributed by atoms with van der Waals surface area (Å²) < 4.78 is 1.59. The zero-order chi connectivity index (χ0) is 21.2. The van der Waals surface area contributed by atoms with Gasteiger partial charge in [-0.25, -0.2) is 9.78 Å². The minimum Gasteiger partial charge on any atom is -0.366 e. The lowest BCUT2D eigenvalue weighted by Crippen LogP contribution is -2.51. The Morgan fingerprint density at radius 1 is 1.10 bits per heavy atom. The number of piperazine rings is 1. The summed E-state index contributed by atoms with van der Waals surface area (Å²) in [6, 6.07) is 16.4. The third kappa shape index (κ3) is 3.87. The second-order valence-electron chi connectivity index (χ2n) is 8.31. The second kappa shape index (κ2) is 8.41. The topological polar surface area (TPSA) is 70.5 Å². The number of hydrogen-bond acceptors (Lipinski definition) is 4. The van der Waals surface area contributed by atoms with Crippen molar-refractivity contribution in [2.75, 3.05) is 31.1 Å². The van der Waals surface area contributed by atoms with E-state index >= 15 is 0 Å². The summed E-state index contributed by atoms with van der Waals surface area (Å²) in [5.41, 5.74) is 3.95. The lowest BCUT2D eigenvalue weighted by molar-refractivity contribution is -0.129. The minimum atomic E-state index is -0.154. The SMILES string of the molecule is O=C1CCC2CN(c3cccc4c3ncn4C(=O)NCCCc3ccccc3)CCN12. The molecule has 2 saturated heterocycles. The number of para-hydroxylation sites is 1. The number of anilines is 1. The first-order chi connectivity index (χ1) is 15.2. The van der Waals surface area contributed by atoms with E-state index < -0.39 is 0 Å². The van der Waals surface area contributed by atoms with E-state index in [1.165, 1.54) is 5.56 Å². The summed E-state index contributed by atoms with van der Waals surface area (Å²) in [7, 11) is 0. The Morgan fingerprint density at radius 2 is 1.97 bits per heavy atom. The molecule has 3 heterocycles. The van der Waals surface area contributed by atoms with Crippen molar-refractivity contribution in [2.45, 2.75) is 31.7 Å².